The van der Waals surface area contributed by atoms with Crippen LogP contribution in [0.15, 0.2) is 54.6 Å². The fourth-order valence-corrected chi connectivity index (χ4v) is 2.43. The Morgan fingerprint density at radius 1 is 0.963 bits per heavy atom. The van der Waals surface area contributed by atoms with Gasteiger partial charge < -0.3 is 26.0 Å². The number of nitrogens with one attached hydrogen (secondary N) is 1. The van der Waals surface area contributed by atoms with E-state index in [0.717, 1.165) is 16.9 Å². The molecule has 7 heteroatoms. The van der Waals surface area contributed by atoms with Crippen molar-refractivity contribution in [1.29, 1.82) is 0 Å². The maximum absolute atomic E-state index is 12.0. The van der Waals surface area contributed by atoms with Crippen LogP contribution in [0.4, 0.5) is 0 Å². The van der Waals surface area contributed by atoms with Gasteiger partial charge >= 0.3 is 0 Å². The maximum Gasteiger partial charge on any atom is 0.248 e. The first kappa shape index (κ1) is 20.4. The number of carbonyl (C=O) groups excluding carboxylic acids is 2. The number of aliphatic hydroxyl groups excluding tert-OH is 2. The minimum Gasteiger partial charge on any atom is -0.489 e. The second-order valence-corrected chi connectivity index (χ2v) is 6.23. The van der Waals surface area contributed by atoms with E-state index in [2.05, 4.69) is 5.32 Å². The third kappa shape index (κ3) is 5.80. The van der Waals surface area contributed by atoms with Crippen LogP contribution >= 0.6 is 0 Å². The molecule has 0 aliphatic heterocycles. The van der Waals surface area contributed by atoms with Gasteiger partial charge in [-0.05, 0) is 29.7 Å². The topological polar surface area (TPSA) is 122 Å². The van der Waals surface area contributed by atoms with Gasteiger partial charge in [-0.15, -0.1) is 0 Å². The summed E-state index contributed by atoms with van der Waals surface area (Å²) < 4.78 is 5.71. The van der Waals surface area contributed by atoms with E-state index in [1.165, 1.54) is 0 Å². The van der Waals surface area contributed by atoms with Gasteiger partial charge in [0, 0.05) is 6.42 Å². The number of ether oxygens (including phenoxy) is 1. The fourth-order valence-electron chi connectivity index (χ4n) is 2.43. The lowest BCUT2D eigenvalue weighted by atomic mass is 10.0. The summed E-state index contributed by atoms with van der Waals surface area (Å²) in [5.74, 6) is -0.748. The lowest BCUT2D eigenvalue weighted by Gasteiger charge is -2.27. The van der Waals surface area contributed by atoms with Crippen molar-refractivity contribution < 1.29 is 24.5 Å². The summed E-state index contributed by atoms with van der Waals surface area (Å²) in [6, 6.07) is 17.2. The van der Waals surface area contributed by atoms with Crippen molar-refractivity contribution in [3.63, 3.8) is 0 Å². The molecule has 0 aliphatic carbocycles. The summed E-state index contributed by atoms with van der Waals surface area (Å²) in [4.78, 5) is 23.4. The highest BCUT2D eigenvalue weighted by Gasteiger charge is 2.36. The predicted molar refractivity (Wildman–Crippen MR) is 99.8 cm³/mol. The molecule has 0 aliphatic rings. The zero-order valence-electron chi connectivity index (χ0n) is 14.9. The monoisotopic (exact) mass is 372 g/mol. The number of aliphatic hydroxyl groups is 2. The van der Waals surface area contributed by atoms with Crippen molar-refractivity contribution in [1.82, 2.24) is 5.32 Å². The van der Waals surface area contributed by atoms with Crippen LogP contribution in [0.5, 0.6) is 5.75 Å². The Balaban J connectivity index is 1.84. The number of hydrogen-bond acceptors (Lipinski definition) is 5. The number of hydrogen-bond donors (Lipinski definition) is 4. The molecule has 144 valence electrons. The van der Waals surface area contributed by atoms with Crippen molar-refractivity contribution in [2.24, 2.45) is 5.73 Å². The Hall–Kier alpha value is -2.90. The van der Waals surface area contributed by atoms with E-state index in [-0.39, 0.29) is 6.42 Å². The van der Waals surface area contributed by atoms with Gasteiger partial charge in [0.2, 0.25) is 11.8 Å². The van der Waals surface area contributed by atoms with Crippen molar-refractivity contribution in [3.05, 3.63) is 65.7 Å². The van der Waals surface area contributed by atoms with Gasteiger partial charge in [0.05, 0.1) is 13.2 Å². The predicted octanol–water partition coefficient (Wildman–Crippen LogP) is 0.523. The lowest BCUT2D eigenvalue weighted by Crippen LogP contribution is -2.62. The van der Waals surface area contributed by atoms with Crippen molar-refractivity contribution in [2.45, 2.75) is 25.0 Å². The molecule has 0 aromatic heterocycles. The quantitative estimate of drug-likeness (QED) is 0.484. The van der Waals surface area contributed by atoms with Crippen LogP contribution in [-0.4, -0.2) is 40.8 Å². The van der Waals surface area contributed by atoms with Gasteiger partial charge in [0.15, 0.2) is 5.54 Å². The number of aryl methyl sites for hydroxylation is 1. The van der Waals surface area contributed by atoms with Crippen molar-refractivity contribution in [2.75, 3.05) is 13.2 Å². The zero-order chi connectivity index (χ0) is 19.7. The molecular formula is C20H24N2O5. The summed E-state index contributed by atoms with van der Waals surface area (Å²) in [5.41, 5.74) is 5.29. The number of carbonyl (C=O) groups is 2. The summed E-state index contributed by atoms with van der Waals surface area (Å²) in [6.07, 6.45) is 0.510. The standard InChI is InChI=1S/C20H24N2O5/c21-19(26)20(13-23,14-24)22-18(25)11-8-15-6-9-17(10-7-15)27-12-16-4-2-1-3-5-16/h1-7,9-10,23-24H,8,11-14H2,(H2,21,26)(H,22,25). The van der Waals surface area contributed by atoms with E-state index in [1.54, 1.807) is 0 Å². The van der Waals surface area contributed by atoms with Crippen molar-refractivity contribution in [3.8, 4) is 5.75 Å². The molecule has 2 aromatic rings. The Morgan fingerprint density at radius 3 is 2.15 bits per heavy atom. The van der Waals surface area contributed by atoms with Gasteiger partial charge in [0.1, 0.15) is 12.4 Å². The molecule has 0 heterocycles. The number of rotatable bonds is 10. The number of nitrogens with two attached hydrogens (primary N) is 1. The van der Waals surface area contributed by atoms with Crippen LogP contribution < -0.4 is 15.8 Å². The summed E-state index contributed by atoms with van der Waals surface area (Å²) in [6.45, 7) is -1.06. The van der Waals surface area contributed by atoms with Crippen LogP contribution in [0.2, 0.25) is 0 Å². The Kier molecular flexibility index (Phi) is 7.34. The van der Waals surface area contributed by atoms with Gasteiger partial charge in [-0.3, -0.25) is 9.59 Å². The second-order valence-electron chi connectivity index (χ2n) is 6.23. The van der Waals surface area contributed by atoms with Crippen LogP contribution in [0.3, 0.4) is 0 Å². The first-order valence-corrected chi connectivity index (χ1v) is 8.57. The molecule has 2 rings (SSSR count). The van der Waals surface area contributed by atoms with E-state index in [0.29, 0.717) is 13.0 Å². The third-order valence-corrected chi connectivity index (χ3v) is 4.20. The molecule has 7 nitrogen and oxygen atoms in total. The first-order chi connectivity index (χ1) is 13.0. The molecule has 0 unspecified atom stereocenters. The minimum absolute atomic E-state index is 0.0826. The van der Waals surface area contributed by atoms with Crippen molar-refractivity contribution >= 4 is 11.8 Å². The smallest absolute Gasteiger partial charge is 0.248 e. The molecule has 2 aromatic carbocycles. The molecule has 0 bridgehead atoms. The Labute approximate surface area is 157 Å². The van der Waals surface area contributed by atoms with E-state index < -0.39 is 30.6 Å². The summed E-state index contributed by atoms with van der Waals surface area (Å²) >= 11 is 0. The molecular weight excluding hydrogens is 348 g/mol. The van der Waals surface area contributed by atoms with Gasteiger partial charge in [0.25, 0.3) is 0 Å². The van der Waals surface area contributed by atoms with Crippen LogP contribution in [-0.2, 0) is 22.6 Å². The van der Waals surface area contributed by atoms with Gasteiger partial charge in [-0.1, -0.05) is 42.5 Å². The van der Waals surface area contributed by atoms with Crippen LogP contribution in [0, 0.1) is 0 Å². The number of benzene rings is 2. The summed E-state index contributed by atoms with van der Waals surface area (Å²) in [7, 11) is 0. The molecule has 27 heavy (non-hydrogen) atoms. The molecule has 0 saturated carbocycles. The Bertz CT molecular complexity index is 743. The lowest BCUT2D eigenvalue weighted by molar-refractivity contribution is -0.135. The molecule has 0 fully saturated rings. The van der Waals surface area contributed by atoms with Crippen LogP contribution in [0.1, 0.15) is 17.5 Å². The molecule has 2 amide bonds. The minimum atomic E-state index is -1.84. The number of amides is 2. The van der Waals surface area contributed by atoms with Crippen LogP contribution in [0.25, 0.3) is 0 Å². The highest BCUT2D eigenvalue weighted by atomic mass is 16.5. The van der Waals surface area contributed by atoms with E-state index in [4.69, 9.17) is 10.5 Å². The zero-order valence-corrected chi connectivity index (χ0v) is 14.9. The van der Waals surface area contributed by atoms with Gasteiger partial charge in [-0.25, -0.2) is 0 Å². The SMILES string of the molecule is NC(=O)C(CO)(CO)NC(=O)CCc1ccc(OCc2ccccc2)cc1. The maximum atomic E-state index is 12.0. The van der Waals surface area contributed by atoms with E-state index in [1.807, 2.05) is 54.6 Å². The Morgan fingerprint density at radius 2 is 1.59 bits per heavy atom. The highest BCUT2D eigenvalue weighted by molar-refractivity contribution is 5.90. The van der Waals surface area contributed by atoms with E-state index >= 15 is 0 Å². The van der Waals surface area contributed by atoms with Gasteiger partial charge in [-0.2, -0.15) is 0 Å². The number of primary amides is 1. The summed E-state index contributed by atoms with van der Waals surface area (Å²) in [5, 5.41) is 20.8. The second kappa shape index (κ2) is 9.70. The fraction of sp³-hybridized carbons (Fsp3) is 0.300. The molecule has 0 saturated heterocycles. The molecule has 0 spiro atoms. The average molecular weight is 372 g/mol. The largest absolute Gasteiger partial charge is 0.489 e. The first-order valence-electron chi connectivity index (χ1n) is 8.57. The molecule has 5 N–H and O–H groups in total. The highest BCUT2D eigenvalue weighted by Crippen LogP contribution is 2.15. The molecule has 0 radical (unpaired) electrons. The van der Waals surface area contributed by atoms with E-state index in [9.17, 15) is 19.8 Å². The average Bonchev–Trinajstić information content (AvgIpc) is 2.70. The third-order valence-electron chi connectivity index (χ3n) is 4.20. The normalized spacial score (nSPS) is 11.0. The molecule has 0 atom stereocenters.